The maximum Gasteiger partial charge on any atom is 0.251 e. The van der Waals surface area contributed by atoms with Crippen molar-refractivity contribution in [3.8, 4) is 0 Å². The van der Waals surface area contributed by atoms with Gasteiger partial charge in [-0.3, -0.25) is 4.79 Å². The number of benzene rings is 1. The predicted molar refractivity (Wildman–Crippen MR) is 129 cm³/mol. The topological polar surface area (TPSA) is 81.9 Å². The van der Waals surface area contributed by atoms with E-state index in [1.807, 2.05) is 36.4 Å². The van der Waals surface area contributed by atoms with E-state index in [4.69, 9.17) is 9.41 Å². The molecule has 1 fully saturated rings. The number of aliphatic imine (C=N–C) groups is 1. The first-order valence-electron chi connectivity index (χ1n) is 11.8. The zero-order valence-electron chi connectivity index (χ0n) is 19.4. The van der Waals surface area contributed by atoms with E-state index in [1.54, 1.807) is 6.26 Å². The van der Waals surface area contributed by atoms with Crippen LogP contribution in [0, 0.1) is 0 Å². The SMILES string of the molecule is CCNC(=NCc1cccc(C(=O)NCc2ccco2)c1)NCCCN1CCCCC1C. The van der Waals surface area contributed by atoms with Gasteiger partial charge in [-0.25, -0.2) is 4.99 Å². The Hall–Kier alpha value is -2.80. The second-order valence-corrected chi connectivity index (χ2v) is 8.32. The third kappa shape index (κ3) is 7.71. The molecule has 0 aliphatic carbocycles. The molecule has 1 amide bonds. The molecular weight excluding hydrogens is 402 g/mol. The van der Waals surface area contributed by atoms with E-state index < -0.39 is 0 Å². The molecule has 0 radical (unpaired) electrons. The van der Waals surface area contributed by atoms with Crippen molar-refractivity contribution in [2.45, 2.75) is 58.7 Å². The van der Waals surface area contributed by atoms with E-state index >= 15 is 0 Å². The van der Waals surface area contributed by atoms with Gasteiger partial charge in [0.25, 0.3) is 5.91 Å². The van der Waals surface area contributed by atoms with Gasteiger partial charge in [-0.1, -0.05) is 18.6 Å². The minimum atomic E-state index is -0.121. The molecular formula is C25H37N5O2. The lowest BCUT2D eigenvalue weighted by Gasteiger charge is -2.33. The number of amides is 1. The molecule has 0 bridgehead atoms. The van der Waals surface area contributed by atoms with E-state index in [1.165, 1.54) is 25.8 Å². The molecule has 174 valence electrons. The average molecular weight is 440 g/mol. The van der Waals surface area contributed by atoms with Crippen molar-refractivity contribution < 1.29 is 9.21 Å². The molecule has 1 aliphatic heterocycles. The zero-order chi connectivity index (χ0) is 22.6. The Morgan fingerprint density at radius 1 is 1.19 bits per heavy atom. The molecule has 1 saturated heterocycles. The maximum absolute atomic E-state index is 12.4. The third-order valence-corrected chi connectivity index (χ3v) is 5.81. The summed E-state index contributed by atoms with van der Waals surface area (Å²) in [6.45, 7) is 9.34. The van der Waals surface area contributed by atoms with Crippen LogP contribution in [-0.4, -0.2) is 49.0 Å². The molecule has 0 spiro atoms. The van der Waals surface area contributed by atoms with Gasteiger partial charge in [-0.2, -0.15) is 0 Å². The van der Waals surface area contributed by atoms with Crippen LogP contribution in [0.4, 0.5) is 0 Å². The van der Waals surface area contributed by atoms with Crippen LogP contribution in [0.25, 0.3) is 0 Å². The van der Waals surface area contributed by atoms with E-state index in [0.717, 1.165) is 43.3 Å². The summed E-state index contributed by atoms with van der Waals surface area (Å²) in [6, 6.07) is 11.9. The van der Waals surface area contributed by atoms with E-state index in [-0.39, 0.29) is 5.91 Å². The molecule has 2 heterocycles. The first-order chi connectivity index (χ1) is 15.7. The minimum absolute atomic E-state index is 0.121. The van der Waals surface area contributed by atoms with Crippen molar-refractivity contribution in [2.24, 2.45) is 4.99 Å². The first-order valence-corrected chi connectivity index (χ1v) is 11.8. The van der Waals surface area contributed by atoms with Gasteiger partial charge in [0.2, 0.25) is 0 Å². The van der Waals surface area contributed by atoms with Crippen LogP contribution in [0.2, 0.25) is 0 Å². The van der Waals surface area contributed by atoms with Crippen molar-refractivity contribution in [2.75, 3.05) is 26.2 Å². The lowest BCUT2D eigenvalue weighted by Crippen LogP contribution is -2.41. The van der Waals surface area contributed by atoms with Gasteiger partial charge in [-0.05, 0) is 69.5 Å². The normalized spacial score (nSPS) is 17.2. The van der Waals surface area contributed by atoms with Crippen LogP contribution in [0.3, 0.4) is 0 Å². The van der Waals surface area contributed by atoms with Crippen molar-refractivity contribution in [1.82, 2.24) is 20.9 Å². The summed E-state index contributed by atoms with van der Waals surface area (Å²) in [6.07, 6.45) is 6.70. The number of likely N-dealkylation sites (tertiary alicyclic amines) is 1. The van der Waals surface area contributed by atoms with E-state index in [2.05, 4.69) is 34.7 Å². The Labute approximate surface area is 191 Å². The highest BCUT2D eigenvalue weighted by atomic mass is 16.3. The number of nitrogens with one attached hydrogen (secondary N) is 3. The molecule has 32 heavy (non-hydrogen) atoms. The second kappa shape index (κ2) is 12.9. The molecule has 1 aromatic carbocycles. The van der Waals surface area contributed by atoms with Gasteiger partial charge in [-0.15, -0.1) is 0 Å². The lowest BCUT2D eigenvalue weighted by atomic mass is 10.0. The Bertz CT molecular complexity index is 850. The quantitative estimate of drug-likeness (QED) is 0.300. The number of hydrogen-bond donors (Lipinski definition) is 3. The molecule has 7 heteroatoms. The number of guanidine groups is 1. The average Bonchev–Trinajstić information content (AvgIpc) is 3.33. The zero-order valence-corrected chi connectivity index (χ0v) is 19.4. The largest absolute Gasteiger partial charge is 0.467 e. The summed E-state index contributed by atoms with van der Waals surface area (Å²) in [7, 11) is 0. The number of carbonyl (C=O) groups is 1. The number of rotatable bonds is 10. The van der Waals surface area contributed by atoms with Crippen LogP contribution in [-0.2, 0) is 13.1 Å². The van der Waals surface area contributed by atoms with Crippen LogP contribution < -0.4 is 16.0 Å². The van der Waals surface area contributed by atoms with Crippen molar-refractivity contribution >= 4 is 11.9 Å². The van der Waals surface area contributed by atoms with Crippen molar-refractivity contribution in [1.29, 1.82) is 0 Å². The molecule has 7 nitrogen and oxygen atoms in total. The van der Waals surface area contributed by atoms with Gasteiger partial charge < -0.3 is 25.3 Å². The fraction of sp³-hybridized carbons (Fsp3) is 0.520. The van der Waals surface area contributed by atoms with Gasteiger partial charge in [0, 0.05) is 31.2 Å². The van der Waals surface area contributed by atoms with Gasteiger partial charge in [0.1, 0.15) is 5.76 Å². The number of hydrogen-bond acceptors (Lipinski definition) is 4. The van der Waals surface area contributed by atoms with Crippen LogP contribution in [0.1, 0.15) is 61.2 Å². The number of carbonyl (C=O) groups excluding carboxylic acids is 1. The lowest BCUT2D eigenvalue weighted by molar-refractivity contribution is 0.0948. The fourth-order valence-electron chi connectivity index (χ4n) is 3.98. The molecule has 1 aliphatic rings. The van der Waals surface area contributed by atoms with E-state index in [9.17, 15) is 4.79 Å². The monoisotopic (exact) mass is 439 g/mol. The van der Waals surface area contributed by atoms with Crippen LogP contribution >= 0.6 is 0 Å². The Kier molecular flexibility index (Phi) is 9.62. The van der Waals surface area contributed by atoms with Crippen LogP contribution in [0.15, 0.2) is 52.1 Å². The summed E-state index contributed by atoms with van der Waals surface area (Å²) < 4.78 is 5.26. The minimum Gasteiger partial charge on any atom is -0.467 e. The van der Waals surface area contributed by atoms with Crippen molar-refractivity contribution in [3.63, 3.8) is 0 Å². The highest BCUT2D eigenvalue weighted by molar-refractivity contribution is 5.94. The number of piperidine rings is 1. The Balaban J connectivity index is 1.47. The molecule has 0 saturated carbocycles. The molecule has 3 rings (SSSR count). The van der Waals surface area contributed by atoms with Crippen LogP contribution in [0.5, 0.6) is 0 Å². The molecule has 3 N–H and O–H groups in total. The fourth-order valence-corrected chi connectivity index (χ4v) is 3.98. The van der Waals surface area contributed by atoms with Gasteiger partial charge >= 0.3 is 0 Å². The van der Waals surface area contributed by atoms with E-state index in [0.29, 0.717) is 24.7 Å². The van der Waals surface area contributed by atoms with Gasteiger partial charge in [0.05, 0.1) is 19.4 Å². The molecule has 1 unspecified atom stereocenters. The second-order valence-electron chi connectivity index (χ2n) is 8.32. The highest BCUT2D eigenvalue weighted by Crippen LogP contribution is 2.16. The van der Waals surface area contributed by atoms with Gasteiger partial charge in [0.15, 0.2) is 5.96 Å². The molecule has 1 atom stereocenters. The number of nitrogens with zero attached hydrogens (tertiary/aromatic N) is 2. The highest BCUT2D eigenvalue weighted by Gasteiger charge is 2.17. The molecule has 1 aromatic heterocycles. The smallest absolute Gasteiger partial charge is 0.251 e. The van der Waals surface area contributed by atoms with Crippen molar-refractivity contribution in [3.05, 3.63) is 59.5 Å². The summed E-state index contributed by atoms with van der Waals surface area (Å²) in [5.74, 6) is 1.42. The summed E-state index contributed by atoms with van der Waals surface area (Å²) in [4.78, 5) is 19.7. The Morgan fingerprint density at radius 3 is 2.88 bits per heavy atom. The maximum atomic E-state index is 12.4. The molecule has 2 aromatic rings. The summed E-state index contributed by atoms with van der Waals surface area (Å²) in [5, 5.41) is 9.63. The number of furan rings is 1. The summed E-state index contributed by atoms with van der Waals surface area (Å²) in [5.41, 5.74) is 1.62. The third-order valence-electron chi connectivity index (χ3n) is 5.81. The first kappa shape index (κ1) is 23.9. The standard InChI is InChI=1S/C25H37N5O2/c1-3-26-25(27-13-8-15-30-14-5-4-9-20(30)2)29-18-21-10-6-11-22(17-21)24(31)28-19-23-12-7-16-32-23/h6-7,10-12,16-17,20H,3-5,8-9,13-15,18-19H2,1-2H3,(H,28,31)(H2,26,27,29). The predicted octanol–water partition coefficient (Wildman–Crippen LogP) is 3.53. The summed E-state index contributed by atoms with van der Waals surface area (Å²) >= 11 is 0. The Morgan fingerprint density at radius 2 is 2.09 bits per heavy atom.